The fourth-order valence-electron chi connectivity index (χ4n) is 4.80. The summed E-state index contributed by atoms with van der Waals surface area (Å²) in [4.78, 5) is 16.6. The van der Waals surface area contributed by atoms with Gasteiger partial charge in [-0.1, -0.05) is 72.8 Å². The normalized spacial score (nSPS) is 17.3. The number of carbonyl (C=O) groups is 1. The third-order valence-corrected chi connectivity index (χ3v) is 6.50. The maximum absolute atomic E-state index is 11.6. The number of hydrogen-bond donors (Lipinski definition) is 0. The van der Waals surface area contributed by atoms with E-state index < -0.39 is 0 Å². The van der Waals surface area contributed by atoms with Gasteiger partial charge < -0.3 is 13.9 Å². The molecule has 1 aliphatic rings. The van der Waals surface area contributed by atoms with E-state index in [1.165, 1.54) is 5.56 Å². The quantitative estimate of drug-likeness (QED) is 0.261. The Kier molecular flexibility index (Phi) is 6.94. The van der Waals surface area contributed by atoms with Crippen molar-refractivity contribution in [1.82, 2.24) is 4.98 Å². The van der Waals surface area contributed by atoms with Crippen LogP contribution in [-0.4, -0.2) is 24.2 Å². The molecule has 1 aliphatic carbocycles. The van der Waals surface area contributed by atoms with Crippen LogP contribution in [0.25, 0.3) is 22.6 Å². The predicted molar refractivity (Wildman–Crippen MR) is 135 cm³/mol. The second kappa shape index (κ2) is 10.6. The highest BCUT2D eigenvalue weighted by molar-refractivity contribution is 5.76. The number of oxazole rings is 1. The molecule has 5 nitrogen and oxygen atoms in total. The number of benzene rings is 3. The third kappa shape index (κ3) is 5.29. The fraction of sp³-hybridized carbons (Fsp3) is 0.267. The molecule has 0 N–H and O–H groups in total. The maximum atomic E-state index is 11.6. The standard InChI is InChI=1S/C30H29NO4/c1-2-33-27(32)20-34-26-15-9-14-23(19-26)24-16-17-25(18-24)30-31-28(21-10-5-3-6-11-21)29(35-30)22-12-7-4-8-13-22/h3-15,19,24-25H,2,16-18,20H2,1H3. The van der Waals surface area contributed by atoms with Gasteiger partial charge in [0.2, 0.25) is 0 Å². The van der Waals surface area contributed by atoms with Gasteiger partial charge >= 0.3 is 5.97 Å². The first-order chi connectivity index (χ1) is 17.2. The van der Waals surface area contributed by atoms with Crippen molar-refractivity contribution in [2.45, 2.75) is 38.0 Å². The Labute approximate surface area is 205 Å². The van der Waals surface area contributed by atoms with Gasteiger partial charge in [-0.15, -0.1) is 0 Å². The summed E-state index contributed by atoms with van der Waals surface area (Å²) in [6.45, 7) is 2.06. The van der Waals surface area contributed by atoms with Crippen LogP contribution in [0.1, 0.15) is 49.5 Å². The molecule has 1 aromatic heterocycles. The molecule has 5 heteroatoms. The van der Waals surface area contributed by atoms with E-state index in [4.69, 9.17) is 18.9 Å². The Morgan fingerprint density at radius 2 is 1.63 bits per heavy atom. The van der Waals surface area contributed by atoms with E-state index in [0.717, 1.165) is 47.7 Å². The number of carbonyl (C=O) groups excluding carboxylic acids is 1. The number of rotatable bonds is 8. The lowest BCUT2D eigenvalue weighted by molar-refractivity contribution is -0.145. The second-order valence-electron chi connectivity index (χ2n) is 8.83. The average Bonchev–Trinajstić information content (AvgIpc) is 3.57. The smallest absolute Gasteiger partial charge is 0.344 e. The van der Waals surface area contributed by atoms with Crippen molar-refractivity contribution < 1.29 is 18.7 Å². The van der Waals surface area contributed by atoms with Gasteiger partial charge in [0.15, 0.2) is 18.3 Å². The van der Waals surface area contributed by atoms with Crippen LogP contribution in [-0.2, 0) is 9.53 Å². The third-order valence-electron chi connectivity index (χ3n) is 6.50. The number of hydrogen-bond acceptors (Lipinski definition) is 5. The van der Waals surface area contributed by atoms with E-state index >= 15 is 0 Å². The van der Waals surface area contributed by atoms with Crippen molar-refractivity contribution in [1.29, 1.82) is 0 Å². The molecule has 178 valence electrons. The molecule has 0 bridgehead atoms. The van der Waals surface area contributed by atoms with Crippen molar-refractivity contribution in [2.24, 2.45) is 0 Å². The van der Waals surface area contributed by atoms with E-state index in [9.17, 15) is 4.79 Å². The average molecular weight is 468 g/mol. The van der Waals surface area contributed by atoms with Crippen molar-refractivity contribution in [2.75, 3.05) is 13.2 Å². The summed E-state index contributed by atoms with van der Waals surface area (Å²) in [5, 5.41) is 0. The molecule has 0 radical (unpaired) electrons. The molecule has 0 saturated heterocycles. The van der Waals surface area contributed by atoms with Gasteiger partial charge in [-0.25, -0.2) is 9.78 Å². The van der Waals surface area contributed by atoms with Crippen LogP contribution < -0.4 is 4.74 Å². The number of aromatic nitrogens is 1. The van der Waals surface area contributed by atoms with E-state index in [0.29, 0.717) is 18.3 Å². The molecule has 35 heavy (non-hydrogen) atoms. The lowest BCUT2D eigenvalue weighted by Crippen LogP contribution is -2.14. The summed E-state index contributed by atoms with van der Waals surface area (Å²) in [5.74, 6) is 2.60. The van der Waals surface area contributed by atoms with Gasteiger partial charge in [-0.05, 0) is 49.8 Å². The van der Waals surface area contributed by atoms with E-state index in [2.05, 4.69) is 30.3 Å². The van der Waals surface area contributed by atoms with Gasteiger partial charge in [0, 0.05) is 17.0 Å². The Morgan fingerprint density at radius 1 is 0.914 bits per heavy atom. The van der Waals surface area contributed by atoms with Crippen LogP contribution in [0.5, 0.6) is 5.75 Å². The summed E-state index contributed by atoms with van der Waals surface area (Å²) in [6, 6.07) is 28.4. The first-order valence-corrected chi connectivity index (χ1v) is 12.2. The summed E-state index contributed by atoms with van der Waals surface area (Å²) >= 11 is 0. The summed E-state index contributed by atoms with van der Waals surface area (Å²) in [5.41, 5.74) is 4.20. The molecule has 2 atom stereocenters. The van der Waals surface area contributed by atoms with Gasteiger partial charge in [-0.3, -0.25) is 0 Å². The monoisotopic (exact) mass is 467 g/mol. The second-order valence-corrected chi connectivity index (χ2v) is 8.83. The van der Waals surface area contributed by atoms with Crippen molar-refractivity contribution in [3.63, 3.8) is 0 Å². The molecule has 0 aliphatic heterocycles. The summed E-state index contributed by atoms with van der Waals surface area (Å²) in [6.07, 6.45) is 3.03. The highest BCUT2D eigenvalue weighted by Crippen LogP contribution is 2.46. The van der Waals surface area contributed by atoms with Gasteiger partial charge in [0.1, 0.15) is 11.4 Å². The molecule has 5 rings (SSSR count). The van der Waals surface area contributed by atoms with Crippen LogP contribution in [0.3, 0.4) is 0 Å². The van der Waals surface area contributed by atoms with Crippen molar-refractivity contribution in [3.8, 4) is 28.3 Å². The minimum atomic E-state index is -0.355. The molecule has 0 amide bonds. The van der Waals surface area contributed by atoms with Gasteiger partial charge in [0.25, 0.3) is 0 Å². The predicted octanol–water partition coefficient (Wildman–Crippen LogP) is 7.00. The Morgan fingerprint density at radius 3 is 2.37 bits per heavy atom. The Hall–Kier alpha value is -3.86. The maximum Gasteiger partial charge on any atom is 0.344 e. The summed E-state index contributed by atoms with van der Waals surface area (Å²) in [7, 11) is 0. The van der Waals surface area contributed by atoms with Crippen LogP contribution in [0, 0.1) is 0 Å². The number of esters is 1. The van der Waals surface area contributed by atoms with E-state index in [-0.39, 0.29) is 18.5 Å². The van der Waals surface area contributed by atoms with Crippen LogP contribution in [0.15, 0.2) is 89.3 Å². The van der Waals surface area contributed by atoms with Crippen LogP contribution in [0.4, 0.5) is 0 Å². The van der Waals surface area contributed by atoms with E-state index in [1.807, 2.05) is 54.6 Å². The summed E-state index contributed by atoms with van der Waals surface area (Å²) < 4.78 is 17.0. The minimum Gasteiger partial charge on any atom is -0.482 e. The zero-order valence-corrected chi connectivity index (χ0v) is 19.9. The topological polar surface area (TPSA) is 61.6 Å². The first-order valence-electron chi connectivity index (χ1n) is 12.2. The molecule has 3 aromatic carbocycles. The van der Waals surface area contributed by atoms with Crippen molar-refractivity contribution >= 4 is 5.97 Å². The number of nitrogens with zero attached hydrogens (tertiary/aromatic N) is 1. The largest absolute Gasteiger partial charge is 0.482 e. The van der Waals surface area contributed by atoms with Gasteiger partial charge in [0.05, 0.1) is 6.61 Å². The molecule has 4 aromatic rings. The molecular weight excluding hydrogens is 438 g/mol. The number of ether oxygens (including phenoxy) is 2. The molecule has 1 heterocycles. The lowest BCUT2D eigenvalue weighted by Gasteiger charge is -2.12. The van der Waals surface area contributed by atoms with Crippen molar-refractivity contribution in [3.05, 3.63) is 96.4 Å². The van der Waals surface area contributed by atoms with Crippen LogP contribution in [0.2, 0.25) is 0 Å². The molecule has 1 fully saturated rings. The molecule has 1 saturated carbocycles. The fourth-order valence-corrected chi connectivity index (χ4v) is 4.80. The molecule has 0 spiro atoms. The highest BCUT2D eigenvalue weighted by atomic mass is 16.6. The highest BCUT2D eigenvalue weighted by Gasteiger charge is 2.32. The van der Waals surface area contributed by atoms with Gasteiger partial charge in [-0.2, -0.15) is 0 Å². The Bertz CT molecular complexity index is 1210. The zero-order valence-electron chi connectivity index (χ0n) is 19.9. The first kappa shape index (κ1) is 22.9. The molecule has 2 unspecified atom stereocenters. The lowest BCUT2D eigenvalue weighted by atomic mass is 9.96. The Balaban J connectivity index is 1.35. The van der Waals surface area contributed by atoms with E-state index in [1.54, 1.807) is 6.92 Å². The SMILES string of the molecule is CCOC(=O)COc1cccc(C2CCC(c3nc(-c4ccccc4)c(-c4ccccc4)o3)C2)c1. The minimum absolute atomic E-state index is 0.0780. The van der Waals surface area contributed by atoms with Crippen LogP contribution >= 0.6 is 0 Å². The zero-order chi connectivity index (χ0) is 24.0. The molecular formula is C30H29NO4.